The fraction of sp³-hybridized carbons (Fsp3) is 0.333. The van der Waals surface area contributed by atoms with Gasteiger partial charge in [-0.1, -0.05) is 29.8 Å². The summed E-state index contributed by atoms with van der Waals surface area (Å²) in [6.45, 7) is 4.07. The predicted molar refractivity (Wildman–Crippen MR) is 104 cm³/mol. The molecule has 0 heterocycles. The largest absolute Gasteiger partial charge is 0.352 e. The second kappa shape index (κ2) is 9.73. The Bertz CT molecular complexity index is 739. The third-order valence-electron chi connectivity index (χ3n) is 4.01. The van der Waals surface area contributed by atoms with Gasteiger partial charge < -0.3 is 15.5 Å². The molecule has 0 aliphatic carbocycles. The first kappa shape index (κ1) is 19.7. The lowest BCUT2D eigenvalue weighted by Gasteiger charge is -2.10. The van der Waals surface area contributed by atoms with E-state index in [2.05, 4.69) is 15.5 Å². The molecule has 5 heteroatoms. The van der Waals surface area contributed by atoms with E-state index in [9.17, 15) is 9.59 Å². The van der Waals surface area contributed by atoms with Crippen molar-refractivity contribution in [3.8, 4) is 0 Å². The Morgan fingerprint density at radius 1 is 0.923 bits per heavy atom. The summed E-state index contributed by atoms with van der Waals surface area (Å²) in [4.78, 5) is 26.4. The van der Waals surface area contributed by atoms with Gasteiger partial charge in [0.2, 0.25) is 0 Å². The van der Waals surface area contributed by atoms with Crippen molar-refractivity contribution in [3.05, 3.63) is 70.8 Å². The molecule has 0 spiro atoms. The molecule has 0 aromatic heterocycles. The predicted octanol–water partition coefficient (Wildman–Crippen LogP) is 2.61. The minimum absolute atomic E-state index is 0.115. The normalized spacial score (nSPS) is 10.6. The first-order valence-corrected chi connectivity index (χ1v) is 8.82. The minimum Gasteiger partial charge on any atom is -0.352 e. The molecule has 0 fully saturated rings. The fourth-order valence-corrected chi connectivity index (χ4v) is 2.58. The summed E-state index contributed by atoms with van der Waals surface area (Å²) >= 11 is 0. The van der Waals surface area contributed by atoms with Crippen LogP contribution in [0.5, 0.6) is 0 Å². The number of hydrogen-bond donors (Lipinski definition) is 2. The Morgan fingerprint density at radius 3 is 2.12 bits per heavy atom. The number of amides is 2. The number of nitrogens with one attached hydrogen (secondary N) is 2. The molecule has 0 bridgehead atoms. The molecule has 0 radical (unpaired) electrons. The van der Waals surface area contributed by atoms with Gasteiger partial charge in [-0.05, 0) is 63.8 Å². The van der Waals surface area contributed by atoms with E-state index in [4.69, 9.17) is 0 Å². The smallest absolute Gasteiger partial charge is 0.251 e. The lowest BCUT2D eigenvalue weighted by atomic mass is 10.1. The summed E-state index contributed by atoms with van der Waals surface area (Å²) < 4.78 is 0. The van der Waals surface area contributed by atoms with E-state index in [0.29, 0.717) is 24.2 Å². The van der Waals surface area contributed by atoms with Crippen LogP contribution in [0.1, 0.15) is 38.3 Å². The van der Waals surface area contributed by atoms with Crippen LogP contribution in [0.25, 0.3) is 0 Å². The van der Waals surface area contributed by atoms with Crippen LogP contribution in [0, 0.1) is 6.92 Å². The van der Waals surface area contributed by atoms with Crippen LogP contribution in [-0.2, 0) is 6.54 Å². The molecule has 0 aliphatic heterocycles. The van der Waals surface area contributed by atoms with E-state index >= 15 is 0 Å². The Balaban J connectivity index is 1.83. The van der Waals surface area contributed by atoms with Crippen molar-refractivity contribution < 1.29 is 9.59 Å². The van der Waals surface area contributed by atoms with Gasteiger partial charge in [0.1, 0.15) is 0 Å². The van der Waals surface area contributed by atoms with Crippen LogP contribution < -0.4 is 10.6 Å². The van der Waals surface area contributed by atoms with Crippen LogP contribution in [0.15, 0.2) is 48.5 Å². The lowest BCUT2D eigenvalue weighted by molar-refractivity contribution is 0.0939. The first-order chi connectivity index (χ1) is 12.5. The van der Waals surface area contributed by atoms with Crippen molar-refractivity contribution >= 4 is 11.8 Å². The molecule has 0 atom stereocenters. The third kappa shape index (κ3) is 6.33. The topological polar surface area (TPSA) is 61.4 Å². The average molecular weight is 353 g/mol. The van der Waals surface area contributed by atoms with E-state index in [1.807, 2.05) is 45.3 Å². The number of hydrogen-bond acceptors (Lipinski definition) is 3. The van der Waals surface area contributed by atoms with Gasteiger partial charge in [0.05, 0.1) is 0 Å². The maximum absolute atomic E-state index is 12.2. The maximum Gasteiger partial charge on any atom is 0.251 e. The molecule has 2 rings (SSSR count). The summed E-state index contributed by atoms with van der Waals surface area (Å²) in [5, 5.41) is 5.79. The molecule has 138 valence electrons. The Hall–Kier alpha value is -2.66. The first-order valence-electron chi connectivity index (χ1n) is 8.82. The van der Waals surface area contributed by atoms with Crippen molar-refractivity contribution in [2.45, 2.75) is 19.9 Å². The molecular weight excluding hydrogens is 326 g/mol. The molecule has 0 saturated heterocycles. The second-order valence-corrected chi connectivity index (χ2v) is 6.66. The molecule has 2 N–H and O–H groups in total. The third-order valence-corrected chi connectivity index (χ3v) is 4.01. The van der Waals surface area contributed by atoms with Gasteiger partial charge >= 0.3 is 0 Å². The van der Waals surface area contributed by atoms with Crippen LogP contribution in [0.2, 0.25) is 0 Å². The lowest BCUT2D eigenvalue weighted by Crippen LogP contribution is -2.27. The minimum atomic E-state index is -0.149. The van der Waals surface area contributed by atoms with E-state index in [0.717, 1.165) is 24.1 Å². The maximum atomic E-state index is 12.2. The number of carbonyl (C=O) groups is 2. The molecule has 0 aliphatic rings. The summed E-state index contributed by atoms with van der Waals surface area (Å²) in [5.41, 5.74) is 3.33. The highest BCUT2D eigenvalue weighted by Crippen LogP contribution is 2.07. The SMILES string of the molecule is Cc1cccc(CNC(=O)c2ccc(C(=O)NCCCN(C)C)cc2)c1. The van der Waals surface area contributed by atoms with Gasteiger partial charge in [-0.25, -0.2) is 0 Å². The number of rotatable bonds is 8. The van der Waals surface area contributed by atoms with Gasteiger partial charge in [0.25, 0.3) is 11.8 Å². The van der Waals surface area contributed by atoms with Gasteiger partial charge in [-0.15, -0.1) is 0 Å². The molecule has 2 aromatic rings. The Kier molecular flexibility index (Phi) is 7.36. The monoisotopic (exact) mass is 353 g/mol. The second-order valence-electron chi connectivity index (χ2n) is 6.66. The highest BCUT2D eigenvalue weighted by atomic mass is 16.2. The molecule has 0 unspecified atom stereocenters. The molecule has 26 heavy (non-hydrogen) atoms. The van der Waals surface area contributed by atoms with E-state index in [1.165, 1.54) is 0 Å². The van der Waals surface area contributed by atoms with Crippen LogP contribution >= 0.6 is 0 Å². The number of aryl methyl sites for hydroxylation is 1. The molecule has 5 nitrogen and oxygen atoms in total. The molecule has 0 saturated carbocycles. The standard InChI is InChI=1S/C21H27N3O2/c1-16-6-4-7-17(14-16)15-23-21(26)19-10-8-18(9-11-19)20(25)22-12-5-13-24(2)3/h4,6-11,14H,5,12-13,15H2,1-3H3,(H,22,25)(H,23,26). The Labute approximate surface area is 155 Å². The Morgan fingerprint density at radius 2 is 1.54 bits per heavy atom. The molecular formula is C21H27N3O2. The zero-order valence-electron chi connectivity index (χ0n) is 15.7. The van der Waals surface area contributed by atoms with Crippen LogP contribution in [0.4, 0.5) is 0 Å². The quantitative estimate of drug-likeness (QED) is 0.717. The van der Waals surface area contributed by atoms with Crippen molar-refractivity contribution in [3.63, 3.8) is 0 Å². The van der Waals surface area contributed by atoms with Gasteiger partial charge in [-0.3, -0.25) is 9.59 Å². The van der Waals surface area contributed by atoms with Crippen molar-refractivity contribution in [1.82, 2.24) is 15.5 Å². The fourth-order valence-electron chi connectivity index (χ4n) is 2.58. The van der Waals surface area contributed by atoms with E-state index in [1.54, 1.807) is 24.3 Å². The summed E-state index contributed by atoms with van der Waals surface area (Å²) in [6, 6.07) is 14.8. The van der Waals surface area contributed by atoms with Crippen LogP contribution in [0.3, 0.4) is 0 Å². The highest BCUT2D eigenvalue weighted by molar-refractivity contribution is 5.97. The summed E-state index contributed by atoms with van der Waals surface area (Å²) in [7, 11) is 4.01. The summed E-state index contributed by atoms with van der Waals surface area (Å²) in [6.07, 6.45) is 0.901. The number of carbonyl (C=O) groups excluding carboxylic acids is 2. The van der Waals surface area contributed by atoms with Crippen molar-refractivity contribution in [2.24, 2.45) is 0 Å². The van der Waals surface area contributed by atoms with Crippen molar-refractivity contribution in [1.29, 1.82) is 0 Å². The zero-order chi connectivity index (χ0) is 18.9. The van der Waals surface area contributed by atoms with Gasteiger partial charge in [0.15, 0.2) is 0 Å². The van der Waals surface area contributed by atoms with Crippen LogP contribution in [-0.4, -0.2) is 43.9 Å². The molecule has 2 aromatic carbocycles. The van der Waals surface area contributed by atoms with Gasteiger partial charge in [0, 0.05) is 24.2 Å². The van der Waals surface area contributed by atoms with E-state index in [-0.39, 0.29) is 11.8 Å². The molecule has 2 amide bonds. The van der Waals surface area contributed by atoms with E-state index < -0.39 is 0 Å². The highest BCUT2D eigenvalue weighted by Gasteiger charge is 2.08. The zero-order valence-corrected chi connectivity index (χ0v) is 15.7. The summed E-state index contributed by atoms with van der Waals surface area (Å²) in [5.74, 6) is -0.264. The van der Waals surface area contributed by atoms with Gasteiger partial charge in [-0.2, -0.15) is 0 Å². The van der Waals surface area contributed by atoms with Crippen molar-refractivity contribution in [2.75, 3.05) is 27.2 Å². The number of nitrogens with zero attached hydrogens (tertiary/aromatic N) is 1. The number of benzene rings is 2. The average Bonchev–Trinajstić information content (AvgIpc) is 2.63.